The van der Waals surface area contributed by atoms with Crippen LogP contribution in [0.25, 0.3) is 21.5 Å². The fourth-order valence-electron chi connectivity index (χ4n) is 4.23. The maximum absolute atomic E-state index is 12.7. The van der Waals surface area contributed by atoms with Gasteiger partial charge in [0.1, 0.15) is 5.01 Å². The number of benzene rings is 2. The Morgan fingerprint density at radius 2 is 2.00 bits per heavy atom. The number of aromatic amines is 1. The fourth-order valence-corrected chi connectivity index (χ4v) is 5.19. The predicted octanol–water partition coefficient (Wildman–Crippen LogP) is 4.33. The number of carbonyl (C=O) groups is 1. The van der Waals surface area contributed by atoms with Gasteiger partial charge in [0.05, 0.1) is 5.52 Å². The number of hydrogen-bond acceptors (Lipinski definition) is 5. The van der Waals surface area contributed by atoms with Crippen molar-refractivity contribution in [1.29, 1.82) is 0 Å². The van der Waals surface area contributed by atoms with Crippen molar-refractivity contribution in [3.05, 3.63) is 71.4 Å². The molecule has 6 nitrogen and oxygen atoms in total. The molecule has 2 aromatic carbocycles. The van der Waals surface area contributed by atoms with E-state index in [1.807, 2.05) is 48.7 Å². The first-order valence-corrected chi connectivity index (χ1v) is 11.5. The van der Waals surface area contributed by atoms with Crippen molar-refractivity contribution in [2.75, 3.05) is 19.6 Å². The van der Waals surface area contributed by atoms with Crippen LogP contribution in [-0.2, 0) is 6.54 Å². The average molecular weight is 432 g/mol. The van der Waals surface area contributed by atoms with E-state index in [1.54, 1.807) is 11.3 Å². The van der Waals surface area contributed by atoms with Gasteiger partial charge in [-0.2, -0.15) is 5.10 Å². The second-order valence-electron chi connectivity index (χ2n) is 8.07. The van der Waals surface area contributed by atoms with Crippen LogP contribution in [0.2, 0.25) is 0 Å². The Hall–Kier alpha value is -3.03. The third-order valence-electron chi connectivity index (χ3n) is 5.79. The summed E-state index contributed by atoms with van der Waals surface area (Å²) >= 11 is 1.76. The highest BCUT2D eigenvalue weighted by Gasteiger charge is 2.22. The number of aromatic nitrogens is 3. The highest BCUT2D eigenvalue weighted by molar-refractivity contribution is 7.15. The van der Waals surface area contributed by atoms with E-state index < -0.39 is 0 Å². The Bertz CT molecular complexity index is 1170. The molecule has 1 amide bonds. The quantitative estimate of drug-likeness (QED) is 0.477. The minimum Gasteiger partial charge on any atom is -0.350 e. The van der Waals surface area contributed by atoms with Gasteiger partial charge in [0.25, 0.3) is 5.91 Å². The molecule has 0 spiro atoms. The molecule has 0 radical (unpaired) electrons. The number of carbonyl (C=O) groups excluding carboxylic acids is 1. The summed E-state index contributed by atoms with van der Waals surface area (Å²) in [7, 11) is 0. The monoisotopic (exact) mass is 431 g/mol. The van der Waals surface area contributed by atoms with Gasteiger partial charge in [-0.25, -0.2) is 4.98 Å². The van der Waals surface area contributed by atoms with Crippen molar-refractivity contribution >= 4 is 28.1 Å². The minimum atomic E-state index is -0.107. The third kappa shape index (κ3) is 4.52. The molecule has 1 aliphatic rings. The molecule has 2 aromatic heterocycles. The van der Waals surface area contributed by atoms with E-state index in [0.29, 0.717) is 18.2 Å². The number of H-pyrrole nitrogens is 1. The first-order chi connectivity index (χ1) is 15.3. The van der Waals surface area contributed by atoms with E-state index in [0.717, 1.165) is 48.4 Å². The van der Waals surface area contributed by atoms with Gasteiger partial charge in [-0.05, 0) is 31.4 Å². The van der Waals surface area contributed by atoms with E-state index in [-0.39, 0.29) is 5.91 Å². The molecule has 1 atom stereocenters. The van der Waals surface area contributed by atoms with Crippen molar-refractivity contribution in [1.82, 2.24) is 25.4 Å². The molecule has 31 heavy (non-hydrogen) atoms. The average Bonchev–Trinajstić information content (AvgIpc) is 3.46. The highest BCUT2D eigenvalue weighted by Crippen LogP contribution is 2.27. The van der Waals surface area contributed by atoms with Crippen molar-refractivity contribution < 1.29 is 4.79 Å². The number of rotatable bonds is 6. The number of nitrogens with one attached hydrogen (secondary N) is 2. The van der Waals surface area contributed by atoms with Crippen LogP contribution in [-0.4, -0.2) is 45.6 Å². The molecule has 2 N–H and O–H groups in total. The van der Waals surface area contributed by atoms with E-state index in [9.17, 15) is 4.79 Å². The Morgan fingerprint density at radius 1 is 1.16 bits per heavy atom. The molecule has 1 saturated heterocycles. The summed E-state index contributed by atoms with van der Waals surface area (Å²) in [5.41, 5.74) is 2.53. The summed E-state index contributed by atoms with van der Waals surface area (Å²) in [5, 5.41) is 12.2. The lowest BCUT2D eigenvalue weighted by atomic mass is 9.98. The maximum Gasteiger partial charge on any atom is 0.272 e. The van der Waals surface area contributed by atoms with E-state index in [2.05, 4.69) is 37.5 Å². The molecule has 0 aliphatic carbocycles. The molecule has 7 heteroatoms. The fraction of sp³-hybridized carbons (Fsp3) is 0.292. The largest absolute Gasteiger partial charge is 0.350 e. The second kappa shape index (κ2) is 8.99. The van der Waals surface area contributed by atoms with Crippen molar-refractivity contribution in [2.45, 2.75) is 19.4 Å². The SMILES string of the molecule is O=C(NC[C@H]1CCCN(Cc2cnc(-c3ccccc3)s2)C1)c1n[nH]c2ccccc12. The maximum atomic E-state index is 12.7. The molecule has 4 aromatic rings. The van der Waals surface area contributed by atoms with Gasteiger partial charge >= 0.3 is 0 Å². The van der Waals surface area contributed by atoms with Crippen molar-refractivity contribution in [3.8, 4) is 10.6 Å². The van der Waals surface area contributed by atoms with E-state index in [4.69, 9.17) is 0 Å². The van der Waals surface area contributed by atoms with Crippen LogP contribution < -0.4 is 5.32 Å². The van der Waals surface area contributed by atoms with Gasteiger partial charge in [-0.1, -0.05) is 48.5 Å². The topological polar surface area (TPSA) is 73.9 Å². The lowest BCUT2D eigenvalue weighted by molar-refractivity contribution is 0.0927. The van der Waals surface area contributed by atoms with Gasteiger partial charge in [-0.3, -0.25) is 14.8 Å². The van der Waals surface area contributed by atoms with Gasteiger partial charge in [0, 0.05) is 41.7 Å². The molecule has 5 rings (SSSR count). The van der Waals surface area contributed by atoms with Crippen LogP contribution >= 0.6 is 11.3 Å². The third-order valence-corrected chi connectivity index (χ3v) is 6.82. The van der Waals surface area contributed by atoms with Crippen molar-refractivity contribution in [3.63, 3.8) is 0 Å². The smallest absolute Gasteiger partial charge is 0.272 e. The Balaban J connectivity index is 1.16. The molecule has 3 heterocycles. The molecular weight excluding hydrogens is 406 g/mol. The van der Waals surface area contributed by atoms with Crippen LogP contribution in [0.1, 0.15) is 28.2 Å². The highest BCUT2D eigenvalue weighted by atomic mass is 32.1. The van der Waals surface area contributed by atoms with Gasteiger partial charge in [0.2, 0.25) is 0 Å². The van der Waals surface area contributed by atoms with Crippen LogP contribution in [0.15, 0.2) is 60.8 Å². The zero-order chi connectivity index (χ0) is 21.0. The number of nitrogens with zero attached hydrogens (tertiary/aromatic N) is 3. The minimum absolute atomic E-state index is 0.107. The number of fused-ring (bicyclic) bond motifs is 1. The Morgan fingerprint density at radius 3 is 2.90 bits per heavy atom. The molecule has 0 saturated carbocycles. The molecule has 1 aliphatic heterocycles. The normalized spacial score (nSPS) is 17.1. The number of likely N-dealkylation sites (tertiary alicyclic amines) is 1. The zero-order valence-corrected chi connectivity index (χ0v) is 18.1. The Kier molecular flexibility index (Phi) is 5.78. The first kappa shape index (κ1) is 19.9. The van der Waals surface area contributed by atoms with Crippen LogP contribution in [0, 0.1) is 5.92 Å². The van der Waals surface area contributed by atoms with Gasteiger partial charge in [0.15, 0.2) is 5.69 Å². The summed E-state index contributed by atoms with van der Waals surface area (Å²) in [4.78, 5) is 21.0. The molecule has 158 valence electrons. The van der Waals surface area contributed by atoms with Crippen molar-refractivity contribution in [2.24, 2.45) is 5.92 Å². The standard InChI is InChI=1S/C24H25N5OS/c30-23(22-20-10-4-5-11-21(20)27-28-22)25-13-17-7-6-12-29(15-17)16-19-14-26-24(31-19)18-8-2-1-3-9-18/h1-5,8-11,14,17H,6-7,12-13,15-16H2,(H,25,30)(H,27,28)/t17-/m1/s1. The summed E-state index contributed by atoms with van der Waals surface area (Å²) in [6.07, 6.45) is 4.29. The lowest BCUT2D eigenvalue weighted by Gasteiger charge is -2.32. The molecule has 0 unspecified atom stereocenters. The van der Waals surface area contributed by atoms with E-state index >= 15 is 0 Å². The second-order valence-corrected chi connectivity index (χ2v) is 9.18. The summed E-state index contributed by atoms with van der Waals surface area (Å²) in [6, 6.07) is 18.0. The summed E-state index contributed by atoms with van der Waals surface area (Å²) < 4.78 is 0. The molecule has 0 bridgehead atoms. The predicted molar refractivity (Wildman–Crippen MR) is 124 cm³/mol. The number of amides is 1. The number of para-hydroxylation sites is 1. The molecule has 1 fully saturated rings. The summed E-state index contributed by atoms with van der Waals surface area (Å²) in [5.74, 6) is 0.342. The van der Waals surface area contributed by atoms with Crippen LogP contribution in [0.5, 0.6) is 0 Å². The number of hydrogen-bond donors (Lipinski definition) is 2. The van der Waals surface area contributed by atoms with Gasteiger partial charge in [-0.15, -0.1) is 11.3 Å². The molecular formula is C24H25N5OS. The zero-order valence-electron chi connectivity index (χ0n) is 17.3. The van der Waals surface area contributed by atoms with Gasteiger partial charge < -0.3 is 5.32 Å². The summed E-state index contributed by atoms with van der Waals surface area (Å²) in [6.45, 7) is 3.67. The lowest BCUT2D eigenvalue weighted by Crippen LogP contribution is -2.40. The number of piperidine rings is 1. The van der Waals surface area contributed by atoms with Crippen LogP contribution in [0.4, 0.5) is 0 Å². The Labute approximate surface area is 185 Å². The number of thiazole rings is 1. The van der Waals surface area contributed by atoms with E-state index in [1.165, 1.54) is 10.4 Å². The first-order valence-electron chi connectivity index (χ1n) is 10.7. The van der Waals surface area contributed by atoms with Crippen LogP contribution in [0.3, 0.4) is 0 Å².